The van der Waals surface area contributed by atoms with Gasteiger partial charge in [-0.1, -0.05) is 427 Å². The molecule has 0 bridgehead atoms. The number of carbonyl (C=O) groups excluding carboxylic acids is 4. The molecular weight excluding hydrogens is 1410 g/mol. The normalized spacial score (nSPS) is 13.8. The van der Waals surface area contributed by atoms with E-state index in [-0.39, 0.29) is 25.7 Å². The molecule has 0 fully saturated rings. The molecule has 0 aliphatic rings. The molecule has 0 aliphatic heterocycles. The summed E-state index contributed by atoms with van der Waals surface area (Å²) >= 11 is 0. The molecule has 0 saturated carbocycles. The standard InChI is InChI=1S/C90H176O17P2/c1-8-9-10-11-12-13-14-15-16-17-21-28-33-38-43-52-59-66-74-90(95)107-86(78-101-88(93)72-65-58-51-46-45-49-56-63-70-83(6)7)80-105-109(98,99)103-76-84(91)75-102-108(96,97)104-79-85(77-100-87(92)71-64-57-50-42-37-32-27-24-23-26-31-36-41-48-55-62-69-82(4)5)106-89(94)73-67-60-53-44-39-34-29-22-19-18-20-25-30-35-40-47-54-61-68-81(2)3/h81-86,91H,8-80H2,1-7H3,(H,96,97)(H,98,99)/t84-,85-,86-/m1/s1. The minimum absolute atomic E-state index is 0.108. The third-order valence-corrected chi connectivity index (χ3v) is 23.0. The van der Waals surface area contributed by atoms with E-state index in [0.717, 1.165) is 108 Å². The summed E-state index contributed by atoms with van der Waals surface area (Å²) in [6.45, 7) is 12.0. The highest BCUT2D eigenvalue weighted by Gasteiger charge is 2.31. The largest absolute Gasteiger partial charge is 0.472 e. The zero-order chi connectivity index (χ0) is 80.0. The Bertz CT molecular complexity index is 2100. The molecule has 0 heterocycles. The van der Waals surface area contributed by atoms with E-state index in [9.17, 15) is 43.2 Å². The van der Waals surface area contributed by atoms with Crippen LogP contribution in [0.4, 0.5) is 0 Å². The molecule has 3 N–H and O–H groups in total. The molecule has 0 rings (SSSR count). The predicted molar refractivity (Wildman–Crippen MR) is 451 cm³/mol. The maximum atomic E-state index is 13.2. The first-order chi connectivity index (χ1) is 52.7. The Morgan fingerprint density at radius 2 is 0.422 bits per heavy atom. The fourth-order valence-electron chi connectivity index (χ4n) is 14.1. The van der Waals surface area contributed by atoms with Crippen molar-refractivity contribution < 1.29 is 80.2 Å². The third-order valence-electron chi connectivity index (χ3n) is 21.1. The predicted octanol–water partition coefficient (Wildman–Crippen LogP) is 27.6. The molecule has 648 valence electrons. The summed E-state index contributed by atoms with van der Waals surface area (Å²) in [4.78, 5) is 73.4. The number of rotatable bonds is 88. The fourth-order valence-corrected chi connectivity index (χ4v) is 15.7. The summed E-state index contributed by atoms with van der Waals surface area (Å²) in [6, 6.07) is 0. The van der Waals surface area contributed by atoms with Crippen LogP contribution in [0.15, 0.2) is 0 Å². The minimum Gasteiger partial charge on any atom is -0.462 e. The lowest BCUT2D eigenvalue weighted by Gasteiger charge is -2.21. The number of aliphatic hydroxyl groups is 1. The quantitative estimate of drug-likeness (QED) is 0.0222. The summed E-state index contributed by atoms with van der Waals surface area (Å²) in [5.41, 5.74) is 0. The van der Waals surface area contributed by atoms with Gasteiger partial charge in [0.15, 0.2) is 12.2 Å². The SMILES string of the molecule is CCCCCCCCCCCCCCCCCCCCC(=O)O[C@H](COC(=O)CCCCCCCCCCC(C)C)COP(=O)(O)OC[C@H](O)COP(=O)(O)OC[C@@H](COC(=O)CCCCCCCCCCCCCCCCCCC(C)C)OC(=O)CCCCCCCCCCCCCCCCCCCCC(C)C. The molecule has 0 aliphatic carbocycles. The van der Waals surface area contributed by atoms with Gasteiger partial charge in [0.2, 0.25) is 0 Å². The summed E-state index contributed by atoms with van der Waals surface area (Å²) < 4.78 is 69.0. The first-order valence-corrected chi connectivity index (χ1v) is 49.3. The number of aliphatic hydroxyl groups excluding tert-OH is 1. The maximum Gasteiger partial charge on any atom is 0.472 e. The highest BCUT2D eigenvalue weighted by atomic mass is 31.2. The number of phosphoric acid groups is 2. The summed E-state index contributed by atoms with van der Waals surface area (Å²) in [6.07, 6.45) is 72.3. The maximum absolute atomic E-state index is 13.2. The van der Waals surface area contributed by atoms with Gasteiger partial charge in [0.05, 0.1) is 26.4 Å². The first kappa shape index (κ1) is 107. The van der Waals surface area contributed by atoms with Crippen molar-refractivity contribution >= 4 is 39.5 Å². The first-order valence-electron chi connectivity index (χ1n) is 46.3. The number of carbonyl (C=O) groups is 4. The monoisotopic (exact) mass is 1590 g/mol. The van der Waals surface area contributed by atoms with Gasteiger partial charge < -0.3 is 33.8 Å². The highest BCUT2D eigenvalue weighted by molar-refractivity contribution is 7.47. The van der Waals surface area contributed by atoms with Crippen LogP contribution in [0.1, 0.15) is 479 Å². The van der Waals surface area contributed by atoms with E-state index < -0.39 is 97.5 Å². The second kappa shape index (κ2) is 79.9. The van der Waals surface area contributed by atoms with E-state index in [4.69, 9.17) is 37.0 Å². The molecule has 109 heavy (non-hydrogen) atoms. The zero-order valence-electron chi connectivity index (χ0n) is 72.0. The van der Waals surface area contributed by atoms with E-state index in [1.165, 1.54) is 289 Å². The van der Waals surface area contributed by atoms with Gasteiger partial charge in [0.25, 0.3) is 0 Å². The summed E-state index contributed by atoms with van der Waals surface area (Å²) in [5, 5.41) is 10.7. The topological polar surface area (TPSA) is 237 Å². The Kier molecular flexibility index (Phi) is 78.5. The molecule has 0 amide bonds. The number of ether oxygens (including phenoxy) is 4. The van der Waals surface area contributed by atoms with Crippen LogP contribution >= 0.6 is 15.6 Å². The number of unbranched alkanes of at least 4 members (excludes halogenated alkanes) is 56. The average Bonchev–Trinajstić information content (AvgIpc) is 0.900. The van der Waals surface area contributed by atoms with Crippen LogP contribution in [0.25, 0.3) is 0 Å². The van der Waals surface area contributed by atoms with Crippen molar-refractivity contribution in [1.82, 2.24) is 0 Å². The van der Waals surface area contributed by atoms with Crippen LogP contribution in [-0.4, -0.2) is 96.7 Å². The van der Waals surface area contributed by atoms with Gasteiger partial charge in [0.1, 0.15) is 19.3 Å². The van der Waals surface area contributed by atoms with Gasteiger partial charge in [-0.3, -0.25) is 37.3 Å². The number of esters is 4. The van der Waals surface area contributed by atoms with Crippen LogP contribution in [0.3, 0.4) is 0 Å². The van der Waals surface area contributed by atoms with Crippen molar-refractivity contribution in [2.24, 2.45) is 17.8 Å². The second-order valence-corrected chi connectivity index (χ2v) is 36.7. The van der Waals surface area contributed by atoms with Crippen LogP contribution in [0.2, 0.25) is 0 Å². The van der Waals surface area contributed by atoms with Crippen molar-refractivity contribution in [1.29, 1.82) is 0 Å². The van der Waals surface area contributed by atoms with E-state index in [1.807, 2.05) is 0 Å². The number of phosphoric ester groups is 2. The van der Waals surface area contributed by atoms with Crippen molar-refractivity contribution in [3.05, 3.63) is 0 Å². The van der Waals surface area contributed by atoms with Crippen molar-refractivity contribution in [3.63, 3.8) is 0 Å². The van der Waals surface area contributed by atoms with Crippen LogP contribution in [-0.2, 0) is 65.4 Å². The van der Waals surface area contributed by atoms with E-state index in [1.54, 1.807) is 0 Å². The number of hydrogen-bond acceptors (Lipinski definition) is 15. The zero-order valence-corrected chi connectivity index (χ0v) is 73.8. The van der Waals surface area contributed by atoms with Crippen LogP contribution < -0.4 is 0 Å². The van der Waals surface area contributed by atoms with Gasteiger partial charge in [-0.15, -0.1) is 0 Å². The molecule has 17 nitrogen and oxygen atoms in total. The van der Waals surface area contributed by atoms with E-state index >= 15 is 0 Å². The third kappa shape index (κ3) is 83.8. The Hall–Kier alpha value is -1.94. The molecule has 0 aromatic rings. The van der Waals surface area contributed by atoms with Gasteiger partial charge >= 0.3 is 39.5 Å². The number of hydrogen-bond donors (Lipinski definition) is 3. The van der Waals surface area contributed by atoms with Gasteiger partial charge in [-0.25, -0.2) is 9.13 Å². The van der Waals surface area contributed by atoms with Crippen LogP contribution in [0, 0.1) is 17.8 Å². The summed E-state index contributed by atoms with van der Waals surface area (Å²) in [7, 11) is -9.94. The lowest BCUT2D eigenvalue weighted by atomic mass is 10.0. The van der Waals surface area contributed by atoms with Crippen molar-refractivity contribution in [2.45, 2.75) is 497 Å². The molecule has 0 saturated heterocycles. The molecule has 5 atom stereocenters. The van der Waals surface area contributed by atoms with E-state index in [0.29, 0.717) is 25.7 Å². The lowest BCUT2D eigenvalue weighted by Crippen LogP contribution is -2.30. The Labute approximate surface area is 670 Å². The molecule has 0 spiro atoms. The van der Waals surface area contributed by atoms with Gasteiger partial charge in [0, 0.05) is 25.7 Å². The molecular formula is C90H176O17P2. The second-order valence-electron chi connectivity index (χ2n) is 33.8. The lowest BCUT2D eigenvalue weighted by molar-refractivity contribution is -0.161. The van der Waals surface area contributed by atoms with Gasteiger partial charge in [-0.2, -0.15) is 0 Å². The van der Waals surface area contributed by atoms with Crippen LogP contribution in [0.5, 0.6) is 0 Å². The Morgan fingerprint density at radius 1 is 0.248 bits per heavy atom. The smallest absolute Gasteiger partial charge is 0.462 e. The average molecular weight is 1590 g/mol. The minimum atomic E-state index is -4.97. The fraction of sp³-hybridized carbons (Fsp3) is 0.956. The molecule has 0 aromatic heterocycles. The van der Waals surface area contributed by atoms with Crippen molar-refractivity contribution in [2.75, 3.05) is 39.6 Å². The molecule has 0 aromatic carbocycles. The molecule has 0 radical (unpaired) electrons. The molecule has 2 unspecified atom stereocenters. The Balaban J connectivity index is 5.24. The van der Waals surface area contributed by atoms with Crippen molar-refractivity contribution in [3.8, 4) is 0 Å². The highest BCUT2D eigenvalue weighted by Crippen LogP contribution is 2.45. The Morgan fingerprint density at radius 3 is 0.624 bits per heavy atom. The van der Waals surface area contributed by atoms with E-state index in [2.05, 4.69) is 48.5 Å². The molecule has 19 heteroatoms. The summed E-state index contributed by atoms with van der Waals surface area (Å²) in [5.74, 6) is 0.259. The van der Waals surface area contributed by atoms with Gasteiger partial charge in [-0.05, 0) is 43.4 Å².